The number of nitrogens with two attached hydrogens (primary N) is 1. The average Bonchev–Trinajstić information content (AvgIpc) is 3.06. The number of nitrogen functional groups attached to an aromatic ring is 1. The van der Waals surface area contributed by atoms with Gasteiger partial charge < -0.3 is 10.1 Å². The molecule has 1 aliphatic rings. The summed E-state index contributed by atoms with van der Waals surface area (Å²) in [6.07, 6.45) is 3.07. The number of rotatable bonds is 3. The minimum Gasteiger partial charge on any atom is -0.398 e. The number of pyridine rings is 1. The number of halogens is 1. The number of fused-ring (bicyclic) bond motifs is 2. The molecule has 0 atom stereocenters. The van der Waals surface area contributed by atoms with Crippen molar-refractivity contribution in [3.63, 3.8) is 0 Å². The molecule has 0 unspecified atom stereocenters. The van der Waals surface area contributed by atoms with E-state index in [9.17, 15) is 0 Å². The third kappa shape index (κ3) is 3.21. The highest BCUT2D eigenvalue weighted by Gasteiger charge is 2.21. The van der Waals surface area contributed by atoms with Crippen molar-refractivity contribution >= 4 is 27.3 Å². The molecule has 2 aromatic heterocycles. The summed E-state index contributed by atoms with van der Waals surface area (Å²) in [5.41, 5.74) is 14.0. The van der Waals surface area contributed by atoms with Gasteiger partial charge in [0.1, 0.15) is 5.65 Å². The molecular weight excluding hydrogens is 412 g/mol. The van der Waals surface area contributed by atoms with Crippen molar-refractivity contribution in [1.29, 1.82) is 0 Å². The number of aromatic nitrogens is 2. The standard InChI is InChI=1S/C23H21BrN4/c24-19-7-5-17(6-8-19)23-21(28-14-20(25)9-10-22(28)26-23)15-27-12-11-16-3-1-2-4-18(16)13-27/h1-10,14H,11-13,15,25H2. The van der Waals surface area contributed by atoms with E-state index >= 15 is 0 Å². The Kier molecular flexibility index (Phi) is 4.41. The largest absolute Gasteiger partial charge is 0.398 e. The van der Waals surface area contributed by atoms with Gasteiger partial charge in [0.05, 0.1) is 11.4 Å². The van der Waals surface area contributed by atoms with Crippen molar-refractivity contribution in [3.8, 4) is 11.3 Å². The Morgan fingerprint density at radius 2 is 1.75 bits per heavy atom. The van der Waals surface area contributed by atoms with Crippen LogP contribution in [0.2, 0.25) is 0 Å². The molecule has 5 rings (SSSR count). The lowest BCUT2D eigenvalue weighted by Crippen LogP contribution is -2.30. The second-order valence-corrected chi connectivity index (χ2v) is 8.25. The molecule has 0 amide bonds. The number of hydrogen-bond acceptors (Lipinski definition) is 3. The molecular formula is C23H21BrN4. The maximum atomic E-state index is 6.09. The van der Waals surface area contributed by atoms with Crippen LogP contribution in [0.5, 0.6) is 0 Å². The van der Waals surface area contributed by atoms with Crippen LogP contribution in [0.4, 0.5) is 5.69 Å². The van der Waals surface area contributed by atoms with E-state index in [1.807, 2.05) is 18.3 Å². The van der Waals surface area contributed by atoms with E-state index in [1.54, 1.807) is 0 Å². The summed E-state index contributed by atoms with van der Waals surface area (Å²) in [4.78, 5) is 7.43. The van der Waals surface area contributed by atoms with E-state index in [-0.39, 0.29) is 0 Å². The molecule has 0 aliphatic carbocycles. The topological polar surface area (TPSA) is 46.6 Å². The van der Waals surface area contributed by atoms with Crippen LogP contribution in [-0.2, 0) is 19.5 Å². The minimum atomic E-state index is 0.748. The molecule has 5 heteroatoms. The van der Waals surface area contributed by atoms with Gasteiger partial charge in [-0.2, -0.15) is 0 Å². The van der Waals surface area contributed by atoms with Crippen LogP contribution in [0, 0.1) is 0 Å². The fourth-order valence-electron chi connectivity index (χ4n) is 4.00. The lowest BCUT2D eigenvalue weighted by atomic mass is 9.99. The normalized spacial score (nSPS) is 14.3. The Balaban J connectivity index is 1.56. The summed E-state index contributed by atoms with van der Waals surface area (Å²) in [6, 6.07) is 21.0. The van der Waals surface area contributed by atoms with Crippen molar-refractivity contribution in [2.45, 2.75) is 19.5 Å². The molecule has 0 bridgehead atoms. The molecule has 28 heavy (non-hydrogen) atoms. The third-order valence-corrected chi connectivity index (χ3v) is 5.97. The first-order chi connectivity index (χ1) is 13.7. The Morgan fingerprint density at radius 3 is 2.57 bits per heavy atom. The van der Waals surface area contributed by atoms with Gasteiger partial charge in [0.15, 0.2) is 0 Å². The first kappa shape index (κ1) is 17.5. The minimum absolute atomic E-state index is 0.748. The monoisotopic (exact) mass is 432 g/mol. The molecule has 3 heterocycles. The predicted octanol–water partition coefficient (Wildman–Crippen LogP) is 4.90. The first-order valence-electron chi connectivity index (χ1n) is 9.49. The van der Waals surface area contributed by atoms with E-state index in [2.05, 4.69) is 73.8 Å². The maximum Gasteiger partial charge on any atom is 0.137 e. The van der Waals surface area contributed by atoms with E-state index in [1.165, 1.54) is 16.8 Å². The molecule has 0 spiro atoms. The average molecular weight is 433 g/mol. The Labute approximate surface area is 172 Å². The number of nitrogens with zero attached hydrogens (tertiary/aromatic N) is 3. The molecule has 0 saturated carbocycles. The van der Waals surface area contributed by atoms with Crippen LogP contribution in [-0.4, -0.2) is 20.8 Å². The zero-order valence-corrected chi connectivity index (χ0v) is 17.1. The van der Waals surface area contributed by atoms with Crippen LogP contribution in [0.25, 0.3) is 16.9 Å². The van der Waals surface area contributed by atoms with Crippen molar-refractivity contribution < 1.29 is 0 Å². The molecule has 2 N–H and O–H groups in total. The summed E-state index contributed by atoms with van der Waals surface area (Å²) < 4.78 is 3.21. The molecule has 4 aromatic rings. The van der Waals surface area contributed by atoms with Gasteiger partial charge in [0.25, 0.3) is 0 Å². The van der Waals surface area contributed by atoms with Crippen LogP contribution >= 0.6 is 15.9 Å². The van der Waals surface area contributed by atoms with Gasteiger partial charge in [-0.3, -0.25) is 4.90 Å². The van der Waals surface area contributed by atoms with Crippen LogP contribution in [0.15, 0.2) is 71.3 Å². The quantitative estimate of drug-likeness (QED) is 0.500. The molecule has 2 aromatic carbocycles. The van der Waals surface area contributed by atoms with Crippen LogP contribution in [0.3, 0.4) is 0 Å². The number of imidazole rings is 1. The van der Waals surface area contributed by atoms with Gasteiger partial charge in [-0.25, -0.2) is 4.98 Å². The van der Waals surface area contributed by atoms with E-state index in [0.29, 0.717) is 0 Å². The first-order valence-corrected chi connectivity index (χ1v) is 10.3. The zero-order valence-electron chi connectivity index (χ0n) is 15.5. The molecule has 0 saturated heterocycles. The SMILES string of the molecule is Nc1ccc2nc(-c3ccc(Br)cc3)c(CN3CCc4ccccc4C3)n2c1. The summed E-state index contributed by atoms with van der Waals surface area (Å²) >= 11 is 3.53. The number of benzene rings is 2. The van der Waals surface area contributed by atoms with Crippen LogP contribution in [0.1, 0.15) is 16.8 Å². The zero-order chi connectivity index (χ0) is 19.1. The van der Waals surface area contributed by atoms with Gasteiger partial charge in [0.2, 0.25) is 0 Å². The van der Waals surface area contributed by atoms with Gasteiger partial charge in [-0.1, -0.05) is 52.3 Å². The third-order valence-electron chi connectivity index (χ3n) is 5.44. The summed E-state index contributed by atoms with van der Waals surface area (Å²) in [6.45, 7) is 2.85. The second kappa shape index (κ2) is 7.08. The van der Waals surface area contributed by atoms with Gasteiger partial charge in [-0.05, 0) is 41.8 Å². The van der Waals surface area contributed by atoms with Crippen molar-refractivity contribution in [2.24, 2.45) is 0 Å². The Bertz CT molecular complexity index is 1150. The number of hydrogen-bond donors (Lipinski definition) is 1. The summed E-state index contributed by atoms with van der Waals surface area (Å²) in [7, 11) is 0. The maximum absolute atomic E-state index is 6.09. The molecule has 0 radical (unpaired) electrons. The van der Waals surface area contributed by atoms with Crippen molar-refractivity contribution in [1.82, 2.24) is 14.3 Å². The Hall–Kier alpha value is -2.63. The van der Waals surface area contributed by atoms with Gasteiger partial charge in [-0.15, -0.1) is 0 Å². The highest BCUT2D eigenvalue weighted by molar-refractivity contribution is 9.10. The number of anilines is 1. The highest BCUT2D eigenvalue weighted by Crippen LogP contribution is 2.29. The van der Waals surface area contributed by atoms with E-state index < -0.39 is 0 Å². The van der Waals surface area contributed by atoms with Crippen molar-refractivity contribution in [3.05, 3.63) is 88.2 Å². The van der Waals surface area contributed by atoms with E-state index in [0.717, 1.165) is 53.1 Å². The van der Waals surface area contributed by atoms with Gasteiger partial charge >= 0.3 is 0 Å². The fraction of sp³-hybridized carbons (Fsp3) is 0.174. The highest BCUT2D eigenvalue weighted by atomic mass is 79.9. The molecule has 140 valence electrons. The van der Waals surface area contributed by atoms with Crippen LogP contribution < -0.4 is 5.73 Å². The predicted molar refractivity (Wildman–Crippen MR) is 117 cm³/mol. The smallest absolute Gasteiger partial charge is 0.137 e. The summed E-state index contributed by atoms with van der Waals surface area (Å²) in [5.74, 6) is 0. The van der Waals surface area contributed by atoms with Crippen molar-refractivity contribution in [2.75, 3.05) is 12.3 Å². The lowest BCUT2D eigenvalue weighted by Gasteiger charge is -2.28. The molecule has 0 fully saturated rings. The van der Waals surface area contributed by atoms with E-state index in [4.69, 9.17) is 10.7 Å². The molecule has 4 nitrogen and oxygen atoms in total. The lowest BCUT2D eigenvalue weighted by molar-refractivity contribution is 0.242. The second-order valence-electron chi connectivity index (χ2n) is 7.33. The molecule has 1 aliphatic heterocycles. The summed E-state index contributed by atoms with van der Waals surface area (Å²) in [5, 5.41) is 0. The van der Waals surface area contributed by atoms with Gasteiger partial charge in [0, 0.05) is 41.6 Å². The fourth-order valence-corrected chi connectivity index (χ4v) is 4.27. The Morgan fingerprint density at radius 1 is 0.964 bits per heavy atom.